The lowest BCUT2D eigenvalue weighted by Gasteiger charge is -2.37. The van der Waals surface area contributed by atoms with Crippen molar-refractivity contribution in [1.29, 1.82) is 0 Å². The highest BCUT2D eigenvalue weighted by Gasteiger charge is 2.37. The quantitative estimate of drug-likeness (QED) is 0.639. The van der Waals surface area contributed by atoms with Gasteiger partial charge >= 0.3 is 12.2 Å². The van der Waals surface area contributed by atoms with Crippen molar-refractivity contribution in [3.8, 4) is 0 Å². The Balaban J connectivity index is 2.81. The molecular formula is C10H17N3O5. The van der Waals surface area contributed by atoms with Crippen molar-refractivity contribution < 1.29 is 24.6 Å². The minimum Gasteiger partial charge on any atom is -0.465 e. The second-order valence-electron chi connectivity index (χ2n) is 4.38. The van der Waals surface area contributed by atoms with Crippen LogP contribution >= 0.6 is 0 Å². The van der Waals surface area contributed by atoms with Crippen LogP contribution in [0, 0.1) is 0 Å². The van der Waals surface area contributed by atoms with Gasteiger partial charge in [0, 0.05) is 19.1 Å². The SMILES string of the molecule is CC(C)NC(=O)[C@H]1CN(C(=O)O)CCN1C(=O)O. The highest BCUT2D eigenvalue weighted by molar-refractivity contribution is 5.86. The fourth-order valence-electron chi connectivity index (χ4n) is 1.79. The number of hydrogen-bond donors (Lipinski definition) is 3. The lowest BCUT2D eigenvalue weighted by molar-refractivity contribution is -0.128. The predicted molar refractivity (Wildman–Crippen MR) is 61.4 cm³/mol. The molecule has 0 unspecified atom stereocenters. The number of amides is 3. The van der Waals surface area contributed by atoms with Crippen LogP contribution < -0.4 is 5.32 Å². The highest BCUT2D eigenvalue weighted by atomic mass is 16.4. The molecule has 0 aromatic rings. The van der Waals surface area contributed by atoms with E-state index in [9.17, 15) is 14.4 Å². The summed E-state index contributed by atoms with van der Waals surface area (Å²) in [7, 11) is 0. The Morgan fingerprint density at radius 2 is 1.78 bits per heavy atom. The standard InChI is InChI=1S/C10H17N3O5/c1-6(2)11-8(14)7-5-12(9(15)16)3-4-13(7)10(17)18/h6-7H,3-5H2,1-2H3,(H,11,14)(H,15,16)(H,17,18)/t7-/m1/s1. The van der Waals surface area contributed by atoms with Crippen molar-refractivity contribution in [3.63, 3.8) is 0 Å². The summed E-state index contributed by atoms with van der Waals surface area (Å²) in [6.45, 7) is 3.44. The molecule has 1 aliphatic rings. The molecule has 0 spiro atoms. The Morgan fingerprint density at radius 3 is 2.22 bits per heavy atom. The third-order valence-corrected chi connectivity index (χ3v) is 2.63. The number of rotatable bonds is 2. The third kappa shape index (κ3) is 3.25. The molecule has 3 N–H and O–H groups in total. The van der Waals surface area contributed by atoms with E-state index >= 15 is 0 Å². The average molecular weight is 259 g/mol. The summed E-state index contributed by atoms with van der Waals surface area (Å²) in [4.78, 5) is 35.7. The fraction of sp³-hybridized carbons (Fsp3) is 0.700. The van der Waals surface area contributed by atoms with Gasteiger partial charge in [0.25, 0.3) is 0 Å². The van der Waals surface area contributed by atoms with Gasteiger partial charge in [-0.15, -0.1) is 0 Å². The Bertz CT molecular complexity index is 357. The second-order valence-corrected chi connectivity index (χ2v) is 4.38. The van der Waals surface area contributed by atoms with Crippen molar-refractivity contribution >= 4 is 18.1 Å². The Labute approximate surface area is 104 Å². The zero-order chi connectivity index (χ0) is 13.9. The minimum atomic E-state index is -1.22. The molecular weight excluding hydrogens is 242 g/mol. The number of carbonyl (C=O) groups excluding carboxylic acids is 1. The highest BCUT2D eigenvalue weighted by Crippen LogP contribution is 2.11. The van der Waals surface area contributed by atoms with Crippen molar-refractivity contribution in [2.75, 3.05) is 19.6 Å². The number of nitrogens with one attached hydrogen (secondary N) is 1. The molecule has 0 aliphatic carbocycles. The molecule has 8 heteroatoms. The maximum absolute atomic E-state index is 11.9. The van der Waals surface area contributed by atoms with Gasteiger partial charge in [0.05, 0.1) is 6.54 Å². The monoisotopic (exact) mass is 259 g/mol. The molecule has 102 valence electrons. The van der Waals surface area contributed by atoms with E-state index < -0.39 is 24.1 Å². The zero-order valence-electron chi connectivity index (χ0n) is 10.3. The summed E-state index contributed by atoms with van der Waals surface area (Å²) in [5.74, 6) is -0.474. The van der Waals surface area contributed by atoms with Gasteiger partial charge in [0.1, 0.15) is 6.04 Å². The summed E-state index contributed by atoms with van der Waals surface area (Å²) in [6, 6.07) is -1.12. The molecule has 1 saturated heterocycles. The summed E-state index contributed by atoms with van der Waals surface area (Å²) in [5.41, 5.74) is 0. The molecule has 3 amide bonds. The van der Waals surface area contributed by atoms with Crippen LogP contribution in [-0.2, 0) is 4.79 Å². The largest absolute Gasteiger partial charge is 0.465 e. The first-order chi connectivity index (χ1) is 8.32. The van der Waals surface area contributed by atoms with E-state index in [-0.39, 0.29) is 25.7 Å². The van der Waals surface area contributed by atoms with E-state index in [0.29, 0.717) is 0 Å². The van der Waals surface area contributed by atoms with Crippen LogP contribution in [0.3, 0.4) is 0 Å². The topological polar surface area (TPSA) is 110 Å². The Morgan fingerprint density at radius 1 is 1.17 bits per heavy atom. The van der Waals surface area contributed by atoms with E-state index in [1.54, 1.807) is 13.8 Å². The van der Waals surface area contributed by atoms with Crippen LogP contribution in [0.5, 0.6) is 0 Å². The van der Waals surface area contributed by atoms with Gasteiger partial charge in [0.2, 0.25) is 5.91 Å². The van der Waals surface area contributed by atoms with E-state index in [2.05, 4.69) is 5.32 Å². The minimum absolute atomic E-state index is 0.00217. The molecule has 18 heavy (non-hydrogen) atoms. The first-order valence-corrected chi connectivity index (χ1v) is 5.60. The molecule has 1 fully saturated rings. The molecule has 1 heterocycles. The van der Waals surface area contributed by atoms with Crippen molar-refractivity contribution in [2.45, 2.75) is 25.9 Å². The van der Waals surface area contributed by atoms with E-state index in [0.717, 1.165) is 9.80 Å². The van der Waals surface area contributed by atoms with Gasteiger partial charge < -0.3 is 20.4 Å². The van der Waals surface area contributed by atoms with E-state index in [4.69, 9.17) is 10.2 Å². The van der Waals surface area contributed by atoms with Crippen LogP contribution in [0.25, 0.3) is 0 Å². The number of carbonyl (C=O) groups is 3. The van der Waals surface area contributed by atoms with Gasteiger partial charge in [0.15, 0.2) is 0 Å². The zero-order valence-corrected chi connectivity index (χ0v) is 10.3. The predicted octanol–water partition coefficient (Wildman–Crippen LogP) is -0.147. The lowest BCUT2D eigenvalue weighted by Crippen LogP contribution is -2.61. The summed E-state index contributed by atoms with van der Waals surface area (Å²) in [5, 5.41) is 20.5. The summed E-state index contributed by atoms with van der Waals surface area (Å²) < 4.78 is 0. The maximum atomic E-state index is 11.9. The van der Waals surface area contributed by atoms with Crippen LogP contribution in [0.1, 0.15) is 13.8 Å². The smallest absolute Gasteiger partial charge is 0.408 e. The first kappa shape index (κ1) is 14.1. The third-order valence-electron chi connectivity index (χ3n) is 2.63. The molecule has 1 aliphatic heterocycles. The number of carboxylic acid groups (broad SMARTS) is 2. The van der Waals surface area contributed by atoms with Gasteiger partial charge in [-0.3, -0.25) is 9.69 Å². The Hall–Kier alpha value is -1.99. The van der Waals surface area contributed by atoms with Crippen LogP contribution in [0.2, 0.25) is 0 Å². The number of piperazine rings is 1. The fourth-order valence-corrected chi connectivity index (χ4v) is 1.79. The lowest BCUT2D eigenvalue weighted by atomic mass is 10.1. The Kier molecular flexibility index (Phi) is 4.35. The van der Waals surface area contributed by atoms with Crippen LogP contribution in [0.4, 0.5) is 9.59 Å². The van der Waals surface area contributed by atoms with Crippen molar-refractivity contribution in [1.82, 2.24) is 15.1 Å². The summed E-state index contributed by atoms with van der Waals surface area (Å²) >= 11 is 0. The molecule has 0 bridgehead atoms. The van der Waals surface area contributed by atoms with Crippen molar-refractivity contribution in [2.24, 2.45) is 0 Å². The normalized spacial score (nSPS) is 19.8. The first-order valence-electron chi connectivity index (χ1n) is 5.60. The molecule has 8 nitrogen and oxygen atoms in total. The van der Waals surface area contributed by atoms with E-state index in [1.807, 2.05) is 0 Å². The van der Waals surface area contributed by atoms with Crippen molar-refractivity contribution in [3.05, 3.63) is 0 Å². The molecule has 0 radical (unpaired) electrons. The maximum Gasteiger partial charge on any atom is 0.408 e. The molecule has 0 saturated carbocycles. The van der Waals surface area contributed by atoms with Gasteiger partial charge in [-0.25, -0.2) is 9.59 Å². The van der Waals surface area contributed by atoms with Gasteiger partial charge in [-0.1, -0.05) is 0 Å². The molecule has 0 aromatic carbocycles. The summed E-state index contributed by atoms with van der Waals surface area (Å²) in [6.07, 6.45) is -2.37. The van der Waals surface area contributed by atoms with Crippen LogP contribution in [-0.4, -0.2) is 69.8 Å². The average Bonchev–Trinajstić information content (AvgIpc) is 2.26. The van der Waals surface area contributed by atoms with E-state index in [1.165, 1.54) is 0 Å². The van der Waals surface area contributed by atoms with Gasteiger partial charge in [-0.2, -0.15) is 0 Å². The molecule has 1 rings (SSSR count). The second kappa shape index (κ2) is 5.56. The molecule has 1 atom stereocenters. The number of hydrogen-bond acceptors (Lipinski definition) is 3. The van der Waals surface area contributed by atoms with Gasteiger partial charge in [-0.05, 0) is 13.8 Å². The molecule has 0 aromatic heterocycles. The van der Waals surface area contributed by atoms with Crippen LogP contribution in [0.15, 0.2) is 0 Å². The number of nitrogens with zero attached hydrogens (tertiary/aromatic N) is 2.